The molecular formula is C9H11N3O2. The molecule has 5 nitrogen and oxygen atoms in total. The predicted octanol–water partition coefficient (Wildman–Crippen LogP) is 0.869. The highest BCUT2D eigenvalue weighted by molar-refractivity contribution is 5.66. The van der Waals surface area contributed by atoms with Crippen molar-refractivity contribution < 1.29 is 9.15 Å². The lowest BCUT2D eigenvalue weighted by Crippen LogP contribution is -2.16. The highest BCUT2D eigenvalue weighted by Gasteiger charge is 2.13. The second-order valence-corrected chi connectivity index (χ2v) is 2.94. The van der Waals surface area contributed by atoms with E-state index in [0.29, 0.717) is 23.7 Å². The summed E-state index contributed by atoms with van der Waals surface area (Å²) in [6.07, 6.45) is 1.66. The maximum absolute atomic E-state index is 5.76. The first kappa shape index (κ1) is 9.11. The molecule has 0 fully saturated rings. The molecule has 0 amide bonds. The molecule has 0 aliphatic carbocycles. The molecule has 0 radical (unpaired) electrons. The van der Waals surface area contributed by atoms with Crippen molar-refractivity contribution in [2.75, 3.05) is 13.7 Å². The van der Waals surface area contributed by atoms with Gasteiger partial charge in [-0.15, -0.1) is 0 Å². The molecule has 0 spiro atoms. The molecule has 5 heteroatoms. The van der Waals surface area contributed by atoms with E-state index in [1.807, 2.05) is 0 Å². The van der Waals surface area contributed by atoms with E-state index in [2.05, 4.69) is 9.97 Å². The van der Waals surface area contributed by atoms with Crippen LogP contribution in [-0.4, -0.2) is 23.7 Å². The Bertz CT molecular complexity index is 394. The molecule has 0 aliphatic rings. The molecule has 2 aromatic rings. The maximum atomic E-state index is 5.76. The summed E-state index contributed by atoms with van der Waals surface area (Å²) >= 11 is 0. The zero-order valence-corrected chi connectivity index (χ0v) is 7.80. The molecule has 0 bridgehead atoms. The van der Waals surface area contributed by atoms with Gasteiger partial charge in [0.25, 0.3) is 0 Å². The fourth-order valence-electron chi connectivity index (χ4n) is 1.20. The van der Waals surface area contributed by atoms with E-state index in [4.69, 9.17) is 14.9 Å². The first-order valence-corrected chi connectivity index (χ1v) is 4.27. The summed E-state index contributed by atoms with van der Waals surface area (Å²) in [7, 11) is 1.58. The average molecular weight is 193 g/mol. The van der Waals surface area contributed by atoms with E-state index >= 15 is 0 Å². The topological polar surface area (TPSA) is 74.2 Å². The molecule has 2 N–H and O–H groups in total. The number of pyridine rings is 1. The minimum Gasteiger partial charge on any atom is -0.437 e. The van der Waals surface area contributed by atoms with E-state index in [1.54, 1.807) is 25.4 Å². The van der Waals surface area contributed by atoms with Crippen molar-refractivity contribution in [1.82, 2.24) is 9.97 Å². The van der Waals surface area contributed by atoms with Crippen molar-refractivity contribution in [2.45, 2.75) is 6.04 Å². The van der Waals surface area contributed by atoms with Gasteiger partial charge in [0, 0.05) is 13.3 Å². The highest BCUT2D eigenvalue weighted by atomic mass is 16.5. The van der Waals surface area contributed by atoms with Crippen LogP contribution in [0.4, 0.5) is 0 Å². The molecule has 0 aromatic carbocycles. The van der Waals surface area contributed by atoms with Gasteiger partial charge < -0.3 is 14.9 Å². The monoisotopic (exact) mass is 193 g/mol. The summed E-state index contributed by atoms with van der Waals surface area (Å²) in [6, 6.07) is 3.26. The van der Waals surface area contributed by atoms with Gasteiger partial charge >= 0.3 is 0 Å². The zero-order chi connectivity index (χ0) is 9.97. The molecule has 1 atom stereocenters. The van der Waals surface area contributed by atoms with Crippen LogP contribution in [0.25, 0.3) is 11.2 Å². The number of hydrogen-bond donors (Lipinski definition) is 1. The Balaban J connectivity index is 2.35. The molecule has 0 saturated carbocycles. The van der Waals surface area contributed by atoms with Gasteiger partial charge in [0.15, 0.2) is 11.2 Å². The van der Waals surface area contributed by atoms with Crippen LogP contribution in [0.15, 0.2) is 22.7 Å². The van der Waals surface area contributed by atoms with Gasteiger partial charge in [-0.2, -0.15) is 4.98 Å². The molecule has 2 rings (SSSR count). The quantitative estimate of drug-likeness (QED) is 0.782. The van der Waals surface area contributed by atoms with Gasteiger partial charge in [-0.1, -0.05) is 0 Å². The van der Waals surface area contributed by atoms with E-state index in [1.165, 1.54) is 0 Å². The van der Waals surface area contributed by atoms with Crippen LogP contribution in [0.3, 0.4) is 0 Å². The van der Waals surface area contributed by atoms with E-state index in [-0.39, 0.29) is 6.04 Å². The predicted molar refractivity (Wildman–Crippen MR) is 50.6 cm³/mol. The number of hydrogen-bond acceptors (Lipinski definition) is 5. The van der Waals surface area contributed by atoms with E-state index in [0.717, 1.165) is 0 Å². The minimum atomic E-state index is -0.339. The van der Waals surface area contributed by atoms with Gasteiger partial charge in [0.1, 0.15) is 6.04 Å². The molecule has 1 unspecified atom stereocenters. The third-order valence-electron chi connectivity index (χ3n) is 1.84. The number of methoxy groups -OCH3 is 1. The summed E-state index contributed by atoms with van der Waals surface area (Å²) < 4.78 is 10.3. The number of oxazole rings is 1. The number of nitrogens with two attached hydrogens (primary N) is 1. The Morgan fingerprint density at radius 1 is 1.64 bits per heavy atom. The lowest BCUT2D eigenvalue weighted by molar-refractivity contribution is 0.171. The van der Waals surface area contributed by atoms with Crippen molar-refractivity contribution >= 4 is 11.2 Å². The number of aromatic nitrogens is 2. The van der Waals surface area contributed by atoms with Gasteiger partial charge in [0.05, 0.1) is 6.61 Å². The standard InChI is InChI=1S/C9H11N3O2/c1-13-5-6(10)9-12-8-7(14-9)3-2-4-11-8/h2-4,6H,5,10H2,1H3. The Kier molecular flexibility index (Phi) is 2.43. The van der Waals surface area contributed by atoms with Gasteiger partial charge in [-0.3, -0.25) is 0 Å². The van der Waals surface area contributed by atoms with Crippen molar-refractivity contribution in [2.24, 2.45) is 5.73 Å². The Morgan fingerprint density at radius 2 is 2.50 bits per heavy atom. The van der Waals surface area contributed by atoms with Crippen LogP contribution < -0.4 is 5.73 Å². The summed E-state index contributed by atoms with van der Waals surface area (Å²) in [5, 5.41) is 0. The second-order valence-electron chi connectivity index (χ2n) is 2.94. The Morgan fingerprint density at radius 3 is 3.21 bits per heavy atom. The number of fused-ring (bicyclic) bond motifs is 1. The number of rotatable bonds is 3. The van der Waals surface area contributed by atoms with E-state index < -0.39 is 0 Å². The largest absolute Gasteiger partial charge is 0.437 e. The van der Waals surface area contributed by atoms with Gasteiger partial charge in [-0.05, 0) is 12.1 Å². The first-order valence-electron chi connectivity index (χ1n) is 4.27. The van der Waals surface area contributed by atoms with Crippen molar-refractivity contribution in [3.05, 3.63) is 24.2 Å². The lowest BCUT2D eigenvalue weighted by atomic mass is 10.3. The number of ether oxygens (including phenoxy) is 1. The van der Waals surface area contributed by atoms with Crippen LogP contribution in [-0.2, 0) is 4.74 Å². The Labute approximate surface area is 80.9 Å². The summed E-state index contributed by atoms with van der Waals surface area (Å²) in [6.45, 7) is 0.382. The first-order chi connectivity index (χ1) is 6.81. The molecule has 0 saturated heterocycles. The summed E-state index contributed by atoms with van der Waals surface area (Å²) in [5.74, 6) is 0.459. The normalized spacial score (nSPS) is 13.3. The molecule has 14 heavy (non-hydrogen) atoms. The Hall–Kier alpha value is -1.46. The van der Waals surface area contributed by atoms with E-state index in [9.17, 15) is 0 Å². The molecule has 74 valence electrons. The average Bonchev–Trinajstić information content (AvgIpc) is 2.61. The van der Waals surface area contributed by atoms with Crippen LogP contribution in [0.5, 0.6) is 0 Å². The van der Waals surface area contributed by atoms with Gasteiger partial charge in [-0.25, -0.2) is 4.98 Å². The summed E-state index contributed by atoms with van der Waals surface area (Å²) in [4.78, 5) is 8.19. The van der Waals surface area contributed by atoms with Crippen LogP contribution in [0, 0.1) is 0 Å². The maximum Gasteiger partial charge on any atom is 0.216 e. The molecule has 2 heterocycles. The van der Waals surface area contributed by atoms with Crippen molar-refractivity contribution in [3.8, 4) is 0 Å². The minimum absolute atomic E-state index is 0.339. The number of nitrogens with zero attached hydrogens (tertiary/aromatic N) is 2. The summed E-state index contributed by atoms with van der Waals surface area (Å²) in [5.41, 5.74) is 6.99. The smallest absolute Gasteiger partial charge is 0.216 e. The molecule has 2 aromatic heterocycles. The fourth-order valence-corrected chi connectivity index (χ4v) is 1.20. The lowest BCUT2D eigenvalue weighted by Gasteiger charge is -2.03. The van der Waals surface area contributed by atoms with Crippen molar-refractivity contribution in [1.29, 1.82) is 0 Å². The van der Waals surface area contributed by atoms with Crippen molar-refractivity contribution in [3.63, 3.8) is 0 Å². The van der Waals surface area contributed by atoms with Crippen LogP contribution in [0.1, 0.15) is 11.9 Å². The third-order valence-corrected chi connectivity index (χ3v) is 1.84. The van der Waals surface area contributed by atoms with Crippen LogP contribution >= 0.6 is 0 Å². The highest BCUT2D eigenvalue weighted by Crippen LogP contribution is 2.16. The third kappa shape index (κ3) is 1.59. The SMILES string of the molecule is COCC(N)c1nc2ncccc2o1. The second kappa shape index (κ2) is 3.73. The zero-order valence-electron chi connectivity index (χ0n) is 7.80. The van der Waals surface area contributed by atoms with Crippen LogP contribution in [0.2, 0.25) is 0 Å². The molecular weight excluding hydrogens is 182 g/mol. The van der Waals surface area contributed by atoms with Gasteiger partial charge in [0.2, 0.25) is 5.89 Å². The molecule has 0 aliphatic heterocycles. The fraction of sp³-hybridized carbons (Fsp3) is 0.333.